The lowest BCUT2D eigenvalue weighted by atomic mass is 9.86. The van der Waals surface area contributed by atoms with Crippen LogP contribution in [0.3, 0.4) is 0 Å². The third-order valence-electron chi connectivity index (χ3n) is 4.28. The third-order valence-corrected chi connectivity index (χ3v) is 4.28. The molecule has 2 rings (SSSR count). The van der Waals surface area contributed by atoms with E-state index in [4.69, 9.17) is 4.74 Å². The van der Waals surface area contributed by atoms with E-state index in [0.717, 1.165) is 13.2 Å². The molecule has 1 N–H and O–H groups in total. The fourth-order valence-electron chi connectivity index (χ4n) is 3.03. The Balaban J connectivity index is 2.02. The van der Waals surface area contributed by atoms with Crippen molar-refractivity contribution in [3.8, 4) is 0 Å². The maximum absolute atomic E-state index is 5.72. The molecule has 2 saturated heterocycles. The molecule has 0 radical (unpaired) electrons. The van der Waals surface area contributed by atoms with Gasteiger partial charge in [-0.1, -0.05) is 20.8 Å². The normalized spacial score (nSPS) is 37.1. The number of hydrogen-bond acceptors (Lipinski definition) is 3. The zero-order valence-electron chi connectivity index (χ0n) is 11.8. The van der Waals surface area contributed by atoms with Crippen LogP contribution in [-0.2, 0) is 4.74 Å². The summed E-state index contributed by atoms with van der Waals surface area (Å²) in [7, 11) is 0. The van der Waals surface area contributed by atoms with E-state index in [2.05, 4.69) is 37.9 Å². The van der Waals surface area contributed by atoms with Gasteiger partial charge in [-0.05, 0) is 38.3 Å². The van der Waals surface area contributed by atoms with Gasteiger partial charge in [0.2, 0.25) is 0 Å². The van der Waals surface area contributed by atoms with Crippen molar-refractivity contribution < 1.29 is 4.74 Å². The molecule has 0 saturated carbocycles. The molecule has 100 valence electrons. The average molecular weight is 240 g/mol. The summed E-state index contributed by atoms with van der Waals surface area (Å²) >= 11 is 0. The summed E-state index contributed by atoms with van der Waals surface area (Å²) in [6.45, 7) is 13.7. The zero-order chi connectivity index (χ0) is 12.5. The molecule has 3 unspecified atom stereocenters. The molecule has 2 aliphatic heterocycles. The van der Waals surface area contributed by atoms with Crippen molar-refractivity contribution in [3.05, 3.63) is 0 Å². The van der Waals surface area contributed by atoms with Gasteiger partial charge in [-0.2, -0.15) is 0 Å². The van der Waals surface area contributed by atoms with Crippen LogP contribution >= 0.6 is 0 Å². The molecule has 3 nitrogen and oxygen atoms in total. The van der Waals surface area contributed by atoms with Crippen LogP contribution in [0.2, 0.25) is 0 Å². The van der Waals surface area contributed by atoms with Crippen LogP contribution in [0.25, 0.3) is 0 Å². The van der Waals surface area contributed by atoms with Crippen LogP contribution in [0, 0.1) is 5.41 Å². The van der Waals surface area contributed by atoms with Crippen LogP contribution in [0.15, 0.2) is 0 Å². The van der Waals surface area contributed by atoms with Crippen LogP contribution in [0.5, 0.6) is 0 Å². The molecule has 2 heterocycles. The number of ether oxygens (including phenoxy) is 1. The van der Waals surface area contributed by atoms with E-state index in [-0.39, 0.29) is 0 Å². The second-order valence-corrected chi connectivity index (χ2v) is 6.65. The molecular weight excluding hydrogens is 212 g/mol. The molecule has 17 heavy (non-hydrogen) atoms. The molecule has 3 heteroatoms. The number of nitrogens with zero attached hydrogens (tertiary/aromatic N) is 1. The Morgan fingerprint density at radius 2 is 2.06 bits per heavy atom. The Bertz CT molecular complexity index is 249. The molecular formula is C14H28N2O. The van der Waals surface area contributed by atoms with Crippen molar-refractivity contribution in [2.75, 3.05) is 26.2 Å². The minimum Gasteiger partial charge on any atom is -0.377 e. The van der Waals surface area contributed by atoms with E-state index in [1.165, 1.54) is 25.9 Å². The van der Waals surface area contributed by atoms with E-state index in [1.807, 2.05) is 0 Å². The van der Waals surface area contributed by atoms with Gasteiger partial charge in [-0.15, -0.1) is 0 Å². The monoisotopic (exact) mass is 240 g/mol. The second kappa shape index (κ2) is 5.25. The van der Waals surface area contributed by atoms with E-state index in [9.17, 15) is 0 Å². The molecule has 0 aromatic rings. The maximum Gasteiger partial charge on any atom is 0.0703 e. The lowest BCUT2D eigenvalue weighted by molar-refractivity contribution is 0.0669. The van der Waals surface area contributed by atoms with Gasteiger partial charge in [-0.25, -0.2) is 0 Å². The lowest BCUT2D eigenvalue weighted by Gasteiger charge is -2.36. The Morgan fingerprint density at radius 1 is 1.29 bits per heavy atom. The topological polar surface area (TPSA) is 24.5 Å². The smallest absolute Gasteiger partial charge is 0.0703 e. The predicted molar refractivity (Wildman–Crippen MR) is 71.3 cm³/mol. The highest BCUT2D eigenvalue weighted by Gasteiger charge is 2.35. The standard InChI is InChI=1S/C14H28N2O/c1-11-12(6-9-17-11)16-8-5-7-15-13(10-16)14(2,3)4/h11-13,15H,5-10H2,1-4H3. The predicted octanol–water partition coefficient (Wildman–Crippen LogP) is 1.87. The summed E-state index contributed by atoms with van der Waals surface area (Å²) in [4.78, 5) is 2.66. The van der Waals surface area contributed by atoms with Gasteiger partial charge >= 0.3 is 0 Å². The van der Waals surface area contributed by atoms with E-state index < -0.39 is 0 Å². The van der Waals surface area contributed by atoms with Crippen LogP contribution in [0.4, 0.5) is 0 Å². The summed E-state index contributed by atoms with van der Waals surface area (Å²) in [5.41, 5.74) is 0.339. The fourth-order valence-corrected chi connectivity index (χ4v) is 3.03. The molecule has 2 aliphatic rings. The SMILES string of the molecule is CC1OCCC1N1CCCNC(C(C)(C)C)C1. The summed E-state index contributed by atoms with van der Waals surface area (Å²) in [5, 5.41) is 3.71. The first-order valence-corrected chi connectivity index (χ1v) is 7.07. The Hall–Kier alpha value is -0.120. The van der Waals surface area contributed by atoms with Crippen molar-refractivity contribution in [1.29, 1.82) is 0 Å². The van der Waals surface area contributed by atoms with Gasteiger partial charge in [0.1, 0.15) is 0 Å². The zero-order valence-corrected chi connectivity index (χ0v) is 11.8. The first-order chi connectivity index (χ1) is 7.98. The first kappa shape index (κ1) is 13.3. The van der Waals surface area contributed by atoms with Gasteiger partial charge in [0.25, 0.3) is 0 Å². The van der Waals surface area contributed by atoms with E-state index >= 15 is 0 Å². The first-order valence-electron chi connectivity index (χ1n) is 7.07. The molecule has 0 spiro atoms. The highest BCUT2D eigenvalue weighted by atomic mass is 16.5. The fraction of sp³-hybridized carbons (Fsp3) is 1.00. The highest BCUT2D eigenvalue weighted by Crippen LogP contribution is 2.26. The van der Waals surface area contributed by atoms with Crippen molar-refractivity contribution in [1.82, 2.24) is 10.2 Å². The molecule has 0 aromatic carbocycles. The summed E-state index contributed by atoms with van der Waals surface area (Å²) < 4.78 is 5.72. The molecule has 0 bridgehead atoms. The van der Waals surface area contributed by atoms with Gasteiger partial charge < -0.3 is 10.1 Å². The van der Waals surface area contributed by atoms with E-state index in [1.54, 1.807) is 0 Å². The maximum atomic E-state index is 5.72. The van der Waals surface area contributed by atoms with Crippen molar-refractivity contribution in [2.45, 2.75) is 58.7 Å². The van der Waals surface area contributed by atoms with Gasteiger partial charge in [0.05, 0.1) is 6.10 Å². The largest absolute Gasteiger partial charge is 0.377 e. The number of hydrogen-bond donors (Lipinski definition) is 1. The Labute approximate surface area is 106 Å². The third kappa shape index (κ3) is 3.21. The molecule has 0 amide bonds. The Kier molecular flexibility index (Phi) is 4.11. The van der Waals surface area contributed by atoms with Gasteiger partial charge in [0.15, 0.2) is 0 Å². The highest BCUT2D eigenvalue weighted by molar-refractivity contribution is 4.91. The van der Waals surface area contributed by atoms with Crippen LogP contribution in [-0.4, -0.2) is 49.3 Å². The van der Waals surface area contributed by atoms with Crippen molar-refractivity contribution >= 4 is 0 Å². The van der Waals surface area contributed by atoms with E-state index in [0.29, 0.717) is 23.6 Å². The minimum absolute atomic E-state index is 0.339. The van der Waals surface area contributed by atoms with Crippen LogP contribution in [0.1, 0.15) is 40.5 Å². The summed E-state index contributed by atoms with van der Waals surface area (Å²) in [5.74, 6) is 0. The van der Waals surface area contributed by atoms with Gasteiger partial charge in [-0.3, -0.25) is 4.90 Å². The number of nitrogens with one attached hydrogen (secondary N) is 1. The summed E-state index contributed by atoms with van der Waals surface area (Å²) in [6.07, 6.45) is 2.88. The quantitative estimate of drug-likeness (QED) is 0.757. The average Bonchev–Trinajstić information content (AvgIpc) is 2.53. The Morgan fingerprint density at radius 3 is 2.65 bits per heavy atom. The summed E-state index contributed by atoms with van der Waals surface area (Å²) in [6, 6.07) is 1.23. The van der Waals surface area contributed by atoms with Crippen molar-refractivity contribution in [2.24, 2.45) is 5.41 Å². The van der Waals surface area contributed by atoms with Gasteiger partial charge in [0, 0.05) is 25.2 Å². The van der Waals surface area contributed by atoms with Crippen LogP contribution < -0.4 is 5.32 Å². The molecule has 2 fully saturated rings. The lowest BCUT2D eigenvalue weighted by Crippen LogP contribution is -2.50. The number of rotatable bonds is 1. The molecule has 0 aliphatic carbocycles. The molecule has 0 aromatic heterocycles. The minimum atomic E-state index is 0.339. The second-order valence-electron chi connectivity index (χ2n) is 6.65. The van der Waals surface area contributed by atoms with Crippen molar-refractivity contribution in [3.63, 3.8) is 0 Å². The molecule has 3 atom stereocenters.